The molecule has 5 heteroatoms. The van der Waals surface area contributed by atoms with E-state index in [1.165, 1.54) is 0 Å². The van der Waals surface area contributed by atoms with Gasteiger partial charge in [0.05, 0.1) is 6.42 Å². The minimum atomic E-state index is -1.09. The maximum atomic E-state index is 11.6. The standard InChI is InChI=1S/C9H12O3S2/c1-7(4-9(10)11)14(12)6-8-2-3-13-5-8/h2-3,5,7H,4,6H2,1H3,(H,10,11). The van der Waals surface area contributed by atoms with Crippen LogP contribution in [-0.4, -0.2) is 20.5 Å². The summed E-state index contributed by atoms with van der Waals surface area (Å²) in [5, 5.41) is 12.1. The Bertz CT molecular complexity index is 319. The number of aliphatic carboxylic acids is 1. The molecule has 1 aromatic rings. The lowest BCUT2D eigenvalue weighted by atomic mass is 10.3. The van der Waals surface area contributed by atoms with Gasteiger partial charge in [0.2, 0.25) is 0 Å². The highest BCUT2D eigenvalue weighted by Crippen LogP contribution is 2.12. The summed E-state index contributed by atoms with van der Waals surface area (Å²) in [6.45, 7) is 1.70. The Hall–Kier alpha value is -0.680. The van der Waals surface area contributed by atoms with Crippen molar-refractivity contribution in [2.45, 2.75) is 24.3 Å². The molecule has 78 valence electrons. The summed E-state index contributed by atoms with van der Waals surface area (Å²) in [6, 6.07) is 1.91. The van der Waals surface area contributed by atoms with Crippen molar-refractivity contribution in [1.82, 2.24) is 0 Å². The number of carbonyl (C=O) groups is 1. The molecule has 3 nitrogen and oxygen atoms in total. The zero-order chi connectivity index (χ0) is 10.6. The van der Waals surface area contributed by atoms with Crippen molar-refractivity contribution < 1.29 is 14.1 Å². The van der Waals surface area contributed by atoms with Crippen molar-refractivity contribution in [3.8, 4) is 0 Å². The highest BCUT2D eigenvalue weighted by Gasteiger charge is 2.15. The first-order valence-electron chi connectivity index (χ1n) is 4.19. The van der Waals surface area contributed by atoms with E-state index in [-0.39, 0.29) is 11.7 Å². The van der Waals surface area contributed by atoms with Gasteiger partial charge in [-0.25, -0.2) is 0 Å². The zero-order valence-corrected chi connectivity index (χ0v) is 9.44. The molecule has 0 aliphatic carbocycles. The number of thiophene rings is 1. The summed E-state index contributed by atoms with van der Waals surface area (Å²) in [5.41, 5.74) is 1.02. The minimum Gasteiger partial charge on any atom is -0.481 e. The van der Waals surface area contributed by atoms with E-state index in [0.717, 1.165) is 5.56 Å². The third-order valence-electron chi connectivity index (χ3n) is 1.80. The zero-order valence-electron chi connectivity index (χ0n) is 7.80. The van der Waals surface area contributed by atoms with Crippen molar-refractivity contribution in [1.29, 1.82) is 0 Å². The maximum Gasteiger partial charge on any atom is 0.304 e. The molecule has 0 aliphatic rings. The molecule has 1 rings (SSSR count). The van der Waals surface area contributed by atoms with Crippen LogP contribution in [0.5, 0.6) is 0 Å². The van der Waals surface area contributed by atoms with Gasteiger partial charge in [-0.05, 0) is 22.4 Å². The van der Waals surface area contributed by atoms with Crippen LogP contribution in [0.15, 0.2) is 16.8 Å². The third kappa shape index (κ3) is 3.59. The SMILES string of the molecule is CC(CC(=O)O)S(=O)Cc1ccsc1. The molecule has 14 heavy (non-hydrogen) atoms. The van der Waals surface area contributed by atoms with Crippen LogP contribution in [0.25, 0.3) is 0 Å². The van der Waals surface area contributed by atoms with Crippen molar-refractivity contribution in [2.24, 2.45) is 0 Å². The van der Waals surface area contributed by atoms with Crippen molar-refractivity contribution in [2.75, 3.05) is 0 Å². The molecule has 0 fully saturated rings. The molecule has 0 saturated carbocycles. The number of hydrogen-bond acceptors (Lipinski definition) is 3. The lowest BCUT2D eigenvalue weighted by molar-refractivity contribution is -0.136. The monoisotopic (exact) mass is 232 g/mol. The summed E-state index contributed by atoms with van der Waals surface area (Å²) in [4.78, 5) is 10.4. The van der Waals surface area contributed by atoms with Crippen LogP contribution in [-0.2, 0) is 21.3 Å². The Labute approximate surface area is 89.2 Å². The van der Waals surface area contributed by atoms with E-state index in [4.69, 9.17) is 5.11 Å². The summed E-state index contributed by atoms with van der Waals surface area (Å²) < 4.78 is 11.6. The van der Waals surface area contributed by atoms with E-state index < -0.39 is 16.8 Å². The predicted octanol–water partition coefficient (Wildman–Crippen LogP) is 1.86. The second kappa shape index (κ2) is 5.26. The van der Waals surface area contributed by atoms with Crippen LogP contribution in [0.2, 0.25) is 0 Å². The van der Waals surface area contributed by atoms with Gasteiger partial charge in [-0.2, -0.15) is 11.3 Å². The highest BCUT2D eigenvalue weighted by molar-refractivity contribution is 7.84. The Morgan fingerprint density at radius 1 is 1.71 bits per heavy atom. The molecule has 2 unspecified atom stereocenters. The van der Waals surface area contributed by atoms with Crippen LogP contribution in [0.3, 0.4) is 0 Å². The number of hydrogen-bond donors (Lipinski definition) is 1. The largest absolute Gasteiger partial charge is 0.481 e. The molecular formula is C9H12O3S2. The molecule has 0 saturated heterocycles. The minimum absolute atomic E-state index is 0.0310. The molecule has 0 radical (unpaired) electrons. The van der Waals surface area contributed by atoms with Crippen molar-refractivity contribution in [3.63, 3.8) is 0 Å². The summed E-state index contributed by atoms with van der Waals surface area (Å²) >= 11 is 1.56. The van der Waals surface area contributed by atoms with Gasteiger partial charge in [-0.15, -0.1) is 0 Å². The quantitative estimate of drug-likeness (QED) is 0.843. The fourth-order valence-electron chi connectivity index (χ4n) is 1.02. The second-order valence-electron chi connectivity index (χ2n) is 3.07. The first-order valence-corrected chi connectivity index (χ1v) is 6.52. The Balaban J connectivity index is 2.46. The topological polar surface area (TPSA) is 54.4 Å². The molecule has 0 aromatic carbocycles. The fraction of sp³-hybridized carbons (Fsp3) is 0.444. The lowest BCUT2D eigenvalue weighted by Crippen LogP contribution is -2.16. The Kier molecular flexibility index (Phi) is 4.28. The van der Waals surface area contributed by atoms with E-state index in [1.807, 2.05) is 16.8 Å². The van der Waals surface area contributed by atoms with E-state index in [0.29, 0.717) is 5.75 Å². The third-order valence-corrected chi connectivity index (χ3v) is 4.21. The summed E-state index contributed by atoms with van der Waals surface area (Å²) in [7, 11) is -1.09. The maximum absolute atomic E-state index is 11.6. The molecule has 1 heterocycles. The summed E-state index contributed by atoms with van der Waals surface area (Å²) in [6.07, 6.45) is -0.0310. The molecule has 0 bridgehead atoms. The van der Waals surface area contributed by atoms with E-state index in [9.17, 15) is 9.00 Å². The fourth-order valence-corrected chi connectivity index (χ4v) is 2.92. The van der Waals surface area contributed by atoms with Gasteiger partial charge in [0, 0.05) is 21.8 Å². The van der Waals surface area contributed by atoms with Gasteiger partial charge in [-0.1, -0.05) is 6.92 Å². The molecule has 1 N–H and O–H groups in total. The van der Waals surface area contributed by atoms with Gasteiger partial charge in [0.25, 0.3) is 0 Å². The molecule has 1 aromatic heterocycles. The average molecular weight is 232 g/mol. The van der Waals surface area contributed by atoms with Gasteiger partial charge >= 0.3 is 5.97 Å². The van der Waals surface area contributed by atoms with Crippen molar-refractivity contribution in [3.05, 3.63) is 22.4 Å². The van der Waals surface area contributed by atoms with E-state index >= 15 is 0 Å². The highest BCUT2D eigenvalue weighted by atomic mass is 32.2. The Morgan fingerprint density at radius 3 is 2.93 bits per heavy atom. The predicted molar refractivity (Wildman–Crippen MR) is 57.9 cm³/mol. The van der Waals surface area contributed by atoms with Crippen molar-refractivity contribution >= 4 is 28.1 Å². The average Bonchev–Trinajstić information content (AvgIpc) is 2.55. The molecule has 2 atom stereocenters. The van der Waals surface area contributed by atoms with Crippen LogP contribution in [0.4, 0.5) is 0 Å². The molecule has 0 amide bonds. The van der Waals surface area contributed by atoms with Gasteiger partial charge in [-0.3, -0.25) is 9.00 Å². The first-order chi connectivity index (χ1) is 6.59. The second-order valence-corrected chi connectivity index (χ2v) is 5.70. The molecule has 0 aliphatic heterocycles. The summed E-state index contributed by atoms with van der Waals surface area (Å²) in [5.74, 6) is -0.436. The van der Waals surface area contributed by atoms with E-state index in [2.05, 4.69) is 0 Å². The molecular weight excluding hydrogens is 220 g/mol. The van der Waals surface area contributed by atoms with Crippen LogP contribution < -0.4 is 0 Å². The number of carboxylic acids is 1. The normalized spacial score (nSPS) is 14.9. The van der Waals surface area contributed by atoms with Crippen LogP contribution >= 0.6 is 11.3 Å². The van der Waals surface area contributed by atoms with Gasteiger partial charge < -0.3 is 5.11 Å². The van der Waals surface area contributed by atoms with Crippen LogP contribution in [0, 0.1) is 0 Å². The van der Waals surface area contributed by atoms with Crippen LogP contribution in [0.1, 0.15) is 18.9 Å². The van der Waals surface area contributed by atoms with E-state index in [1.54, 1.807) is 18.3 Å². The molecule has 0 spiro atoms. The smallest absolute Gasteiger partial charge is 0.304 e. The number of carboxylic acid groups (broad SMARTS) is 1. The Morgan fingerprint density at radius 2 is 2.43 bits per heavy atom. The number of rotatable bonds is 5. The van der Waals surface area contributed by atoms with Gasteiger partial charge in [0.1, 0.15) is 0 Å². The van der Waals surface area contributed by atoms with Gasteiger partial charge in [0.15, 0.2) is 0 Å². The first kappa shape index (κ1) is 11.4. The lowest BCUT2D eigenvalue weighted by Gasteiger charge is -2.07.